The number of carbonyl (C=O) groups excluding carboxylic acids is 1. The molecule has 126 valence electrons. The fraction of sp³-hybridized carbons (Fsp3) is 0.412. The first-order valence-corrected chi connectivity index (χ1v) is 8.02. The number of pyridine rings is 1. The second-order valence-electron chi connectivity index (χ2n) is 6.14. The SMILES string of the molecule is C[C@H]1CN(C(=O)c2cnc(NCc3cccnc3)nc2)C[C@@H]1CO. The normalized spacial score (nSPS) is 20.2. The molecular formula is C17H21N5O2. The minimum atomic E-state index is -0.0865. The Bertz CT molecular complexity index is 677. The van der Waals surface area contributed by atoms with Crippen LogP contribution in [0.15, 0.2) is 36.9 Å². The summed E-state index contributed by atoms with van der Waals surface area (Å²) >= 11 is 0. The van der Waals surface area contributed by atoms with Crippen LogP contribution in [0.1, 0.15) is 22.8 Å². The predicted molar refractivity (Wildman–Crippen MR) is 89.2 cm³/mol. The number of nitrogens with zero attached hydrogens (tertiary/aromatic N) is 4. The molecule has 1 aliphatic rings. The monoisotopic (exact) mass is 327 g/mol. The van der Waals surface area contributed by atoms with Crippen LogP contribution in [0.3, 0.4) is 0 Å². The average Bonchev–Trinajstić information content (AvgIpc) is 3.01. The van der Waals surface area contributed by atoms with Gasteiger partial charge in [-0.1, -0.05) is 13.0 Å². The molecule has 3 heterocycles. The number of hydrogen-bond donors (Lipinski definition) is 2. The average molecular weight is 327 g/mol. The summed E-state index contributed by atoms with van der Waals surface area (Å²) in [6.45, 7) is 3.97. The largest absolute Gasteiger partial charge is 0.396 e. The molecule has 1 fully saturated rings. The maximum Gasteiger partial charge on any atom is 0.257 e. The van der Waals surface area contributed by atoms with Gasteiger partial charge in [0.1, 0.15) is 0 Å². The van der Waals surface area contributed by atoms with Crippen LogP contribution in [-0.2, 0) is 6.54 Å². The molecule has 0 spiro atoms. The summed E-state index contributed by atoms with van der Waals surface area (Å²) in [5.41, 5.74) is 1.50. The van der Waals surface area contributed by atoms with Crippen molar-refractivity contribution in [2.45, 2.75) is 13.5 Å². The van der Waals surface area contributed by atoms with Crippen LogP contribution in [0.4, 0.5) is 5.95 Å². The van der Waals surface area contributed by atoms with E-state index in [1.54, 1.807) is 17.3 Å². The lowest BCUT2D eigenvalue weighted by Crippen LogP contribution is -2.29. The maximum atomic E-state index is 12.5. The number of aliphatic hydroxyl groups is 1. The maximum absolute atomic E-state index is 12.5. The molecule has 3 rings (SSSR count). The van der Waals surface area contributed by atoms with Crippen LogP contribution in [-0.4, -0.2) is 50.6 Å². The fourth-order valence-corrected chi connectivity index (χ4v) is 2.83. The van der Waals surface area contributed by atoms with Crippen molar-refractivity contribution >= 4 is 11.9 Å². The van der Waals surface area contributed by atoms with Gasteiger partial charge in [-0.25, -0.2) is 9.97 Å². The Hall–Kier alpha value is -2.54. The van der Waals surface area contributed by atoms with E-state index in [2.05, 4.69) is 27.2 Å². The Balaban J connectivity index is 1.59. The number of carbonyl (C=O) groups is 1. The molecule has 0 radical (unpaired) electrons. The number of hydrogen-bond acceptors (Lipinski definition) is 6. The number of anilines is 1. The van der Waals surface area contributed by atoms with Gasteiger partial charge in [-0.2, -0.15) is 0 Å². The first-order valence-electron chi connectivity index (χ1n) is 8.02. The minimum Gasteiger partial charge on any atom is -0.396 e. The van der Waals surface area contributed by atoms with Crippen LogP contribution < -0.4 is 5.32 Å². The zero-order chi connectivity index (χ0) is 16.9. The topological polar surface area (TPSA) is 91.2 Å². The van der Waals surface area contributed by atoms with E-state index in [-0.39, 0.29) is 18.4 Å². The zero-order valence-electron chi connectivity index (χ0n) is 13.6. The smallest absolute Gasteiger partial charge is 0.257 e. The molecule has 7 heteroatoms. The van der Waals surface area contributed by atoms with E-state index in [0.29, 0.717) is 37.1 Å². The van der Waals surface area contributed by atoms with Crippen molar-refractivity contribution in [2.75, 3.05) is 25.0 Å². The number of rotatable bonds is 5. The Kier molecular flexibility index (Phi) is 5.00. The first kappa shape index (κ1) is 16.3. The summed E-state index contributed by atoms with van der Waals surface area (Å²) in [5, 5.41) is 12.4. The van der Waals surface area contributed by atoms with Crippen LogP contribution >= 0.6 is 0 Å². The number of nitrogens with one attached hydrogen (secondary N) is 1. The molecule has 2 aromatic rings. The van der Waals surface area contributed by atoms with E-state index in [9.17, 15) is 9.90 Å². The molecule has 0 aromatic carbocycles. The number of amides is 1. The lowest BCUT2D eigenvalue weighted by atomic mass is 10.00. The highest BCUT2D eigenvalue weighted by atomic mass is 16.3. The number of aromatic nitrogens is 3. The molecule has 0 bridgehead atoms. The zero-order valence-corrected chi connectivity index (χ0v) is 13.6. The minimum absolute atomic E-state index is 0.0865. The number of aliphatic hydroxyl groups excluding tert-OH is 1. The van der Waals surface area contributed by atoms with Crippen molar-refractivity contribution in [2.24, 2.45) is 11.8 Å². The summed E-state index contributed by atoms with van der Waals surface area (Å²) in [6.07, 6.45) is 6.58. The standard InChI is InChI=1S/C17H21N5O2/c1-12-9-22(10-15(12)11-23)16(24)14-7-20-17(21-8-14)19-6-13-3-2-4-18-5-13/h2-5,7-8,12,15,23H,6,9-11H2,1H3,(H,19,20,21)/t12-,15+/m0/s1. The molecule has 1 aliphatic heterocycles. The van der Waals surface area contributed by atoms with Gasteiger partial charge in [0.25, 0.3) is 5.91 Å². The van der Waals surface area contributed by atoms with Gasteiger partial charge in [-0.15, -0.1) is 0 Å². The highest BCUT2D eigenvalue weighted by molar-refractivity contribution is 5.93. The Morgan fingerprint density at radius 1 is 1.33 bits per heavy atom. The van der Waals surface area contributed by atoms with E-state index in [4.69, 9.17) is 0 Å². The van der Waals surface area contributed by atoms with Gasteiger partial charge in [0.15, 0.2) is 0 Å². The number of likely N-dealkylation sites (tertiary alicyclic amines) is 1. The molecule has 7 nitrogen and oxygen atoms in total. The molecule has 0 unspecified atom stereocenters. The lowest BCUT2D eigenvalue weighted by molar-refractivity contribution is 0.0779. The van der Waals surface area contributed by atoms with Crippen molar-refractivity contribution in [3.63, 3.8) is 0 Å². The molecule has 0 aliphatic carbocycles. The van der Waals surface area contributed by atoms with Gasteiger partial charge in [-0.05, 0) is 17.5 Å². The van der Waals surface area contributed by atoms with Gasteiger partial charge < -0.3 is 15.3 Å². The molecule has 2 N–H and O–H groups in total. The highest BCUT2D eigenvalue weighted by Gasteiger charge is 2.32. The Morgan fingerprint density at radius 3 is 2.75 bits per heavy atom. The van der Waals surface area contributed by atoms with Crippen molar-refractivity contribution in [1.82, 2.24) is 19.9 Å². The van der Waals surface area contributed by atoms with Crippen molar-refractivity contribution < 1.29 is 9.90 Å². The fourth-order valence-electron chi connectivity index (χ4n) is 2.83. The Morgan fingerprint density at radius 2 is 2.12 bits per heavy atom. The van der Waals surface area contributed by atoms with Gasteiger partial charge >= 0.3 is 0 Å². The van der Waals surface area contributed by atoms with E-state index in [1.165, 1.54) is 12.4 Å². The van der Waals surface area contributed by atoms with Gasteiger partial charge in [0.2, 0.25) is 5.95 Å². The van der Waals surface area contributed by atoms with Crippen LogP contribution in [0.25, 0.3) is 0 Å². The van der Waals surface area contributed by atoms with Crippen molar-refractivity contribution in [1.29, 1.82) is 0 Å². The van der Waals surface area contributed by atoms with E-state index in [1.807, 2.05) is 12.1 Å². The third-order valence-electron chi connectivity index (χ3n) is 4.36. The van der Waals surface area contributed by atoms with Crippen LogP contribution in [0.5, 0.6) is 0 Å². The van der Waals surface area contributed by atoms with Crippen molar-refractivity contribution in [3.05, 3.63) is 48.0 Å². The molecule has 2 atom stereocenters. The lowest BCUT2D eigenvalue weighted by Gasteiger charge is -2.15. The summed E-state index contributed by atoms with van der Waals surface area (Å²) in [7, 11) is 0. The first-order chi connectivity index (χ1) is 11.7. The second kappa shape index (κ2) is 7.35. The molecule has 1 saturated heterocycles. The molecule has 24 heavy (non-hydrogen) atoms. The third-order valence-corrected chi connectivity index (χ3v) is 4.36. The van der Waals surface area contributed by atoms with Crippen molar-refractivity contribution in [3.8, 4) is 0 Å². The van der Waals surface area contributed by atoms with Gasteiger partial charge in [0, 0.05) is 56.9 Å². The summed E-state index contributed by atoms with van der Waals surface area (Å²) in [5.74, 6) is 0.839. The quantitative estimate of drug-likeness (QED) is 0.857. The predicted octanol–water partition coefficient (Wildman–Crippen LogP) is 1.18. The molecule has 1 amide bonds. The van der Waals surface area contributed by atoms with Crippen LogP contribution in [0, 0.1) is 11.8 Å². The van der Waals surface area contributed by atoms with E-state index >= 15 is 0 Å². The molecule has 2 aromatic heterocycles. The highest BCUT2D eigenvalue weighted by Crippen LogP contribution is 2.23. The van der Waals surface area contributed by atoms with E-state index < -0.39 is 0 Å². The second-order valence-corrected chi connectivity index (χ2v) is 6.14. The third kappa shape index (κ3) is 3.68. The summed E-state index contributed by atoms with van der Waals surface area (Å²) in [6, 6.07) is 3.83. The van der Waals surface area contributed by atoms with Crippen LogP contribution in [0.2, 0.25) is 0 Å². The summed E-state index contributed by atoms with van der Waals surface area (Å²) in [4.78, 5) is 26.7. The van der Waals surface area contributed by atoms with E-state index in [0.717, 1.165) is 5.56 Å². The Labute approximate surface area is 140 Å². The molecule has 0 saturated carbocycles. The van der Waals surface area contributed by atoms with Gasteiger partial charge in [0.05, 0.1) is 5.56 Å². The van der Waals surface area contributed by atoms with Gasteiger partial charge in [-0.3, -0.25) is 9.78 Å². The molecular weight excluding hydrogens is 306 g/mol. The summed E-state index contributed by atoms with van der Waals surface area (Å²) < 4.78 is 0.